The second kappa shape index (κ2) is 6.95. The zero-order valence-corrected chi connectivity index (χ0v) is 14.6. The maximum atomic E-state index is 11.7. The van der Waals surface area contributed by atoms with Crippen molar-refractivity contribution in [3.63, 3.8) is 0 Å². The van der Waals surface area contributed by atoms with Gasteiger partial charge in [0.15, 0.2) is 5.82 Å². The van der Waals surface area contributed by atoms with Gasteiger partial charge in [0.05, 0.1) is 18.4 Å². The molecule has 2 aliphatic rings. The summed E-state index contributed by atoms with van der Waals surface area (Å²) in [6.07, 6.45) is 6.63. The van der Waals surface area contributed by atoms with Gasteiger partial charge >= 0.3 is 0 Å². The number of rotatable bonds is 4. The Hall–Kier alpha value is -2.22. The lowest BCUT2D eigenvalue weighted by atomic mass is 10.1. The smallest absolute Gasteiger partial charge is 0.268 e. The second-order valence-electron chi connectivity index (χ2n) is 6.97. The van der Waals surface area contributed by atoms with Crippen molar-refractivity contribution in [1.82, 2.24) is 24.8 Å². The van der Waals surface area contributed by atoms with Gasteiger partial charge in [0.25, 0.3) is 5.56 Å². The molecule has 0 aromatic carbocycles. The van der Waals surface area contributed by atoms with Gasteiger partial charge in [0.1, 0.15) is 0 Å². The molecule has 1 aliphatic carbocycles. The normalized spacial score (nSPS) is 19.6. The lowest BCUT2D eigenvalue weighted by Crippen LogP contribution is -2.46. The predicted molar refractivity (Wildman–Crippen MR) is 92.5 cm³/mol. The molecule has 0 unspecified atom stereocenters. The van der Waals surface area contributed by atoms with Crippen LogP contribution in [0.3, 0.4) is 0 Å². The Morgan fingerprint density at radius 1 is 1.20 bits per heavy atom. The van der Waals surface area contributed by atoms with Crippen LogP contribution in [0.15, 0.2) is 21.6 Å². The van der Waals surface area contributed by atoms with Crippen LogP contribution in [0.25, 0.3) is 0 Å². The van der Waals surface area contributed by atoms with E-state index < -0.39 is 0 Å². The molecular weight excluding hydrogens is 320 g/mol. The molecule has 0 N–H and O–H groups in total. The van der Waals surface area contributed by atoms with Crippen LogP contribution in [0.1, 0.15) is 43.3 Å². The van der Waals surface area contributed by atoms with Crippen molar-refractivity contribution in [2.45, 2.75) is 38.1 Å². The molecule has 3 heterocycles. The summed E-state index contributed by atoms with van der Waals surface area (Å²) < 4.78 is 6.81. The fraction of sp³-hybridized carbons (Fsp3) is 0.647. The number of anilines is 1. The molecule has 1 aliphatic heterocycles. The van der Waals surface area contributed by atoms with Gasteiger partial charge in [0.2, 0.25) is 5.89 Å². The highest BCUT2D eigenvalue weighted by Crippen LogP contribution is 2.32. The molecule has 0 radical (unpaired) electrons. The van der Waals surface area contributed by atoms with Crippen LogP contribution < -0.4 is 10.5 Å². The summed E-state index contributed by atoms with van der Waals surface area (Å²) in [5.41, 5.74) is 0.817. The summed E-state index contributed by atoms with van der Waals surface area (Å²) in [7, 11) is 1.66. The minimum atomic E-state index is -0.0776. The molecule has 1 saturated heterocycles. The first-order valence-electron chi connectivity index (χ1n) is 9.02. The second-order valence-corrected chi connectivity index (χ2v) is 6.97. The molecule has 0 atom stereocenters. The Bertz CT molecular complexity index is 771. The molecule has 1 saturated carbocycles. The third kappa shape index (κ3) is 3.58. The topological polar surface area (TPSA) is 80.3 Å². The Morgan fingerprint density at radius 3 is 2.68 bits per heavy atom. The number of hydrogen-bond acceptors (Lipinski definition) is 7. The molecule has 2 fully saturated rings. The van der Waals surface area contributed by atoms with Gasteiger partial charge in [0, 0.05) is 45.2 Å². The summed E-state index contributed by atoms with van der Waals surface area (Å²) >= 11 is 0. The van der Waals surface area contributed by atoms with Gasteiger partial charge in [-0.3, -0.25) is 9.69 Å². The number of hydrogen-bond donors (Lipinski definition) is 0. The Morgan fingerprint density at radius 2 is 1.96 bits per heavy atom. The summed E-state index contributed by atoms with van der Waals surface area (Å²) in [6.45, 7) is 4.26. The van der Waals surface area contributed by atoms with Crippen LogP contribution in [0, 0.1) is 0 Å². The molecule has 0 bridgehead atoms. The van der Waals surface area contributed by atoms with Gasteiger partial charge in [-0.05, 0) is 12.8 Å². The summed E-state index contributed by atoms with van der Waals surface area (Å²) in [4.78, 5) is 20.9. The van der Waals surface area contributed by atoms with Crippen molar-refractivity contribution in [1.29, 1.82) is 0 Å². The van der Waals surface area contributed by atoms with E-state index in [0.29, 0.717) is 5.92 Å². The van der Waals surface area contributed by atoms with Crippen LogP contribution in [-0.2, 0) is 13.6 Å². The summed E-state index contributed by atoms with van der Waals surface area (Å²) in [5.74, 6) is 2.06. The van der Waals surface area contributed by atoms with Crippen molar-refractivity contribution >= 4 is 5.69 Å². The van der Waals surface area contributed by atoms with Crippen molar-refractivity contribution in [2.75, 3.05) is 31.1 Å². The zero-order valence-electron chi connectivity index (χ0n) is 14.6. The van der Waals surface area contributed by atoms with Gasteiger partial charge in [-0.15, -0.1) is 0 Å². The molecule has 2 aromatic heterocycles. The Labute approximate surface area is 146 Å². The Kier molecular flexibility index (Phi) is 4.52. The third-order valence-electron chi connectivity index (χ3n) is 5.24. The van der Waals surface area contributed by atoms with Crippen LogP contribution in [0.4, 0.5) is 5.69 Å². The van der Waals surface area contributed by atoms with E-state index in [0.717, 1.165) is 50.1 Å². The van der Waals surface area contributed by atoms with Gasteiger partial charge in [-0.2, -0.15) is 10.1 Å². The van der Waals surface area contributed by atoms with Crippen LogP contribution >= 0.6 is 0 Å². The SMILES string of the molecule is Cn1ncc(N2CCN(Cc3noc(C4CCCC4)n3)CC2)cc1=O. The largest absolute Gasteiger partial charge is 0.368 e. The number of aromatic nitrogens is 4. The van der Waals surface area contributed by atoms with Gasteiger partial charge < -0.3 is 9.42 Å². The average Bonchev–Trinajstić information content (AvgIpc) is 3.29. The minimum absolute atomic E-state index is 0.0776. The molecule has 0 spiro atoms. The van der Waals surface area contributed by atoms with E-state index in [-0.39, 0.29) is 5.56 Å². The lowest BCUT2D eigenvalue weighted by Gasteiger charge is -2.35. The summed E-state index contributed by atoms with van der Waals surface area (Å²) in [5, 5.41) is 8.26. The zero-order chi connectivity index (χ0) is 17.2. The van der Waals surface area contributed by atoms with E-state index in [4.69, 9.17) is 4.52 Å². The Balaban J connectivity index is 1.32. The number of piperazine rings is 1. The molecule has 134 valence electrons. The fourth-order valence-corrected chi connectivity index (χ4v) is 3.67. The molecule has 8 nitrogen and oxygen atoms in total. The van der Waals surface area contributed by atoms with E-state index in [1.54, 1.807) is 19.3 Å². The highest BCUT2D eigenvalue weighted by Gasteiger charge is 2.24. The number of nitrogens with zero attached hydrogens (tertiary/aromatic N) is 6. The quantitative estimate of drug-likeness (QED) is 0.823. The first-order valence-corrected chi connectivity index (χ1v) is 9.02. The van der Waals surface area contributed by atoms with E-state index in [9.17, 15) is 4.79 Å². The molecular formula is C17H24N6O2. The van der Waals surface area contributed by atoms with Crippen molar-refractivity contribution in [2.24, 2.45) is 7.05 Å². The third-order valence-corrected chi connectivity index (χ3v) is 5.24. The lowest BCUT2D eigenvalue weighted by molar-refractivity contribution is 0.239. The van der Waals surface area contributed by atoms with Crippen LogP contribution in [0.5, 0.6) is 0 Å². The van der Waals surface area contributed by atoms with Gasteiger partial charge in [-0.25, -0.2) is 4.68 Å². The fourth-order valence-electron chi connectivity index (χ4n) is 3.67. The molecule has 2 aromatic rings. The van der Waals surface area contributed by atoms with Gasteiger partial charge in [-0.1, -0.05) is 18.0 Å². The van der Waals surface area contributed by atoms with Crippen molar-refractivity contribution in [3.8, 4) is 0 Å². The minimum Gasteiger partial charge on any atom is -0.368 e. The van der Waals surface area contributed by atoms with E-state index >= 15 is 0 Å². The van der Waals surface area contributed by atoms with E-state index in [1.807, 2.05) is 0 Å². The van der Waals surface area contributed by atoms with Crippen LogP contribution in [-0.4, -0.2) is 51.0 Å². The molecule has 0 amide bonds. The first-order chi connectivity index (χ1) is 12.2. The maximum Gasteiger partial charge on any atom is 0.268 e. The van der Waals surface area contributed by atoms with E-state index in [2.05, 4.69) is 25.0 Å². The molecule has 4 rings (SSSR count). The van der Waals surface area contributed by atoms with Crippen molar-refractivity contribution < 1.29 is 4.52 Å². The monoisotopic (exact) mass is 344 g/mol. The van der Waals surface area contributed by atoms with Crippen molar-refractivity contribution in [3.05, 3.63) is 34.3 Å². The molecule has 25 heavy (non-hydrogen) atoms. The standard InChI is InChI=1S/C17H24N6O2/c1-21-16(24)10-14(11-18-21)23-8-6-22(7-9-23)12-15-19-17(25-20-15)13-4-2-3-5-13/h10-11,13H,2-9,12H2,1H3. The molecule has 8 heteroatoms. The van der Waals surface area contributed by atoms with Crippen LogP contribution in [0.2, 0.25) is 0 Å². The highest BCUT2D eigenvalue weighted by atomic mass is 16.5. The number of aryl methyl sites for hydroxylation is 1. The first kappa shape index (κ1) is 16.3. The average molecular weight is 344 g/mol. The summed E-state index contributed by atoms with van der Waals surface area (Å²) in [6, 6.07) is 1.65. The predicted octanol–water partition coefficient (Wildman–Crippen LogP) is 1.14. The van der Waals surface area contributed by atoms with E-state index in [1.165, 1.54) is 30.4 Å². The maximum absolute atomic E-state index is 11.7. The highest BCUT2D eigenvalue weighted by molar-refractivity contribution is 5.43.